The summed E-state index contributed by atoms with van der Waals surface area (Å²) in [7, 11) is 0. The summed E-state index contributed by atoms with van der Waals surface area (Å²) in [5.74, 6) is 1.59. The van der Waals surface area contributed by atoms with Gasteiger partial charge in [0, 0.05) is 36.2 Å². The second kappa shape index (κ2) is 12.3. The number of amides is 2. The van der Waals surface area contributed by atoms with Crippen LogP contribution in [0.15, 0.2) is 41.4 Å². The Morgan fingerprint density at radius 3 is 2.59 bits per heavy atom. The van der Waals surface area contributed by atoms with Crippen LogP contribution in [0.25, 0.3) is 22.2 Å². The second-order valence-corrected chi connectivity index (χ2v) is 11.8. The van der Waals surface area contributed by atoms with E-state index in [0.29, 0.717) is 44.0 Å². The van der Waals surface area contributed by atoms with E-state index in [9.17, 15) is 19.2 Å². The Morgan fingerprint density at radius 1 is 1.15 bits per heavy atom. The Bertz CT molecular complexity index is 1940. The quantitative estimate of drug-likeness (QED) is 0.131. The zero-order chi connectivity index (χ0) is 32.7. The molecule has 0 radical (unpaired) electrons. The third kappa shape index (κ3) is 5.79. The molecule has 2 saturated heterocycles. The maximum absolute atomic E-state index is 14.1. The number of likely N-dealkylation sites (tertiary alicyclic amines) is 1. The molecule has 6 heterocycles. The fourth-order valence-corrected chi connectivity index (χ4v) is 6.06. The Balaban J connectivity index is 1.35. The molecular weight excluding hydrogens is 660 g/mol. The van der Waals surface area contributed by atoms with Crippen molar-refractivity contribution in [1.82, 2.24) is 34.6 Å². The third-order valence-electron chi connectivity index (χ3n) is 8.03. The van der Waals surface area contributed by atoms with E-state index in [4.69, 9.17) is 15.9 Å². The highest BCUT2D eigenvalue weighted by atomic mass is 79.9. The van der Waals surface area contributed by atoms with Crippen LogP contribution < -0.4 is 5.32 Å². The lowest BCUT2D eigenvalue weighted by Gasteiger charge is -2.28. The first-order valence-corrected chi connectivity index (χ1v) is 15.0. The van der Waals surface area contributed by atoms with Gasteiger partial charge in [0.15, 0.2) is 5.78 Å². The maximum atomic E-state index is 14.1. The average Bonchev–Trinajstić information content (AvgIpc) is 3.74. The summed E-state index contributed by atoms with van der Waals surface area (Å²) in [5.41, 5.74) is 2.45. The van der Waals surface area contributed by atoms with Crippen LogP contribution in [-0.4, -0.2) is 83.2 Å². The number of rotatable bonds is 7. The van der Waals surface area contributed by atoms with Crippen LogP contribution in [0.3, 0.4) is 0 Å². The number of ether oxygens (including phenoxy) is 2. The van der Waals surface area contributed by atoms with E-state index in [1.807, 2.05) is 0 Å². The minimum Gasteiger partial charge on any atom is -0.430 e. The molecule has 234 valence electrons. The number of hydrogen-bond acceptors (Lipinski definition) is 11. The first-order valence-electron chi connectivity index (χ1n) is 14.2. The molecule has 0 aliphatic carbocycles. The lowest BCUT2D eigenvalue weighted by molar-refractivity contribution is -0.138. The smallest absolute Gasteiger partial charge is 0.430 e. The van der Waals surface area contributed by atoms with Gasteiger partial charge in [0.1, 0.15) is 53.3 Å². The van der Waals surface area contributed by atoms with Gasteiger partial charge in [0.2, 0.25) is 11.8 Å². The largest absolute Gasteiger partial charge is 0.508 e. The fraction of sp³-hybridized carbons (Fsp3) is 0.323. The molecule has 2 fully saturated rings. The van der Waals surface area contributed by atoms with Gasteiger partial charge in [-0.25, -0.2) is 19.7 Å². The van der Waals surface area contributed by atoms with E-state index in [1.165, 1.54) is 22.7 Å². The summed E-state index contributed by atoms with van der Waals surface area (Å²) in [4.78, 5) is 70.9. The number of fused-ring (bicyclic) bond motifs is 1. The Labute approximate surface area is 271 Å². The highest BCUT2D eigenvalue weighted by Crippen LogP contribution is 2.36. The maximum Gasteiger partial charge on any atom is 0.508 e. The molecule has 0 unspecified atom stereocenters. The zero-order valence-electron chi connectivity index (χ0n) is 24.9. The van der Waals surface area contributed by atoms with Gasteiger partial charge in [0.05, 0.1) is 17.4 Å². The Morgan fingerprint density at radius 2 is 1.91 bits per heavy atom. The van der Waals surface area contributed by atoms with Gasteiger partial charge in [0.25, 0.3) is 0 Å². The zero-order valence-corrected chi connectivity index (χ0v) is 26.5. The van der Waals surface area contributed by atoms with Crippen LogP contribution in [0.1, 0.15) is 35.2 Å². The molecule has 0 saturated carbocycles. The summed E-state index contributed by atoms with van der Waals surface area (Å²) in [6, 6.07) is 3.26. The monoisotopic (exact) mass is 686 g/mol. The number of hydrogen-bond donors (Lipinski definition) is 1. The van der Waals surface area contributed by atoms with Crippen molar-refractivity contribution in [3.63, 3.8) is 0 Å². The van der Waals surface area contributed by atoms with Crippen LogP contribution in [0.5, 0.6) is 0 Å². The number of aromatic nitrogens is 6. The number of ketones is 1. The molecule has 46 heavy (non-hydrogen) atoms. The second-order valence-electron chi connectivity index (χ2n) is 11.0. The third-order valence-corrected chi connectivity index (χ3v) is 8.47. The Kier molecular flexibility index (Phi) is 8.22. The van der Waals surface area contributed by atoms with Crippen molar-refractivity contribution in [2.24, 2.45) is 5.92 Å². The molecule has 4 atom stereocenters. The predicted octanol–water partition coefficient (Wildman–Crippen LogP) is 3.26. The van der Waals surface area contributed by atoms with Crippen molar-refractivity contribution in [2.75, 3.05) is 11.9 Å². The van der Waals surface area contributed by atoms with Gasteiger partial charge in [-0.05, 0) is 53.9 Å². The first kappa shape index (κ1) is 30.8. The first-order chi connectivity index (χ1) is 22.0. The van der Waals surface area contributed by atoms with Gasteiger partial charge in [-0.1, -0.05) is 12.0 Å². The van der Waals surface area contributed by atoms with Crippen molar-refractivity contribution in [1.29, 1.82) is 0 Å². The SMILES string of the molecule is C#C[C@@H]1[C@@H]([C@@H]2COC(=O)O2)C[C@@H](C(=O)Nc2nc(Br)ccc2C)N1C(=O)Cn1nc(C(C)=O)c2cc(-c3cnc(C)nc3)ncc21. The number of nitrogens with zero attached hydrogens (tertiary/aromatic N) is 7. The molecule has 14 nitrogen and oxygen atoms in total. The molecule has 4 aromatic rings. The number of carbonyl (C=O) groups excluding carboxylic acids is 4. The van der Waals surface area contributed by atoms with E-state index < -0.39 is 42.1 Å². The highest BCUT2D eigenvalue weighted by molar-refractivity contribution is 9.10. The molecule has 15 heteroatoms. The lowest BCUT2D eigenvalue weighted by Crippen LogP contribution is -2.49. The molecule has 2 aliphatic heterocycles. The molecule has 6 rings (SSSR count). The van der Waals surface area contributed by atoms with E-state index in [-0.39, 0.29) is 31.0 Å². The number of aryl methyl sites for hydroxylation is 2. The minimum absolute atomic E-state index is 0.0594. The highest BCUT2D eigenvalue weighted by Gasteiger charge is 2.51. The topological polar surface area (TPSA) is 171 Å². The molecule has 0 spiro atoms. The van der Waals surface area contributed by atoms with Crippen molar-refractivity contribution >= 4 is 56.4 Å². The number of pyridine rings is 2. The van der Waals surface area contributed by atoms with Gasteiger partial charge in [-0.2, -0.15) is 5.10 Å². The molecular formula is C31H27BrN8O6. The number of nitrogens with one attached hydrogen (secondary N) is 1. The van der Waals surface area contributed by atoms with E-state index >= 15 is 0 Å². The van der Waals surface area contributed by atoms with Crippen LogP contribution in [0.4, 0.5) is 10.6 Å². The standard InChI is InChI=1S/C31H27BrN8O6/c1-5-22-19(25-14-45-31(44)46-25)9-23(30(43)37-29-15(2)6-7-26(32)36-29)40(22)27(42)13-39-24-12-35-21(18-10-33-17(4)34-11-18)8-20(24)28(38-39)16(3)41/h1,6-8,10-12,19,22-23,25H,9,13-14H2,2-4H3,(H,36,37,43)/t19-,22+,23-,25-/m0/s1. The number of halogens is 1. The van der Waals surface area contributed by atoms with Gasteiger partial charge >= 0.3 is 6.16 Å². The minimum atomic E-state index is -1.04. The molecule has 2 aliphatic rings. The van der Waals surface area contributed by atoms with Gasteiger partial charge < -0.3 is 19.7 Å². The molecule has 4 aromatic heterocycles. The normalized spacial score (nSPS) is 20.7. The van der Waals surface area contributed by atoms with E-state index in [0.717, 1.165) is 0 Å². The van der Waals surface area contributed by atoms with Crippen LogP contribution >= 0.6 is 15.9 Å². The Hall–Kier alpha value is -5.23. The average molecular weight is 688 g/mol. The number of terminal acetylenes is 1. The fourth-order valence-electron chi connectivity index (χ4n) is 5.75. The van der Waals surface area contributed by atoms with Crippen molar-refractivity contribution < 1.29 is 28.7 Å². The van der Waals surface area contributed by atoms with Crippen LogP contribution in [0, 0.1) is 32.1 Å². The predicted molar refractivity (Wildman–Crippen MR) is 166 cm³/mol. The number of anilines is 1. The van der Waals surface area contributed by atoms with Crippen LogP contribution in [0.2, 0.25) is 0 Å². The van der Waals surface area contributed by atoms with Crippen molar-refractivity contribution in [3.8, 4) is 23.6 Å². The summed E-state index contributed by atoms with van der Waals surface area (Å²) in [5, 5.41) is 7.75. The van der Waals surface area contributed by atoms with Gasteiger partial charge in [-0.15, -0.1) is 6.42 Å². The number of carbonyl (C=O) groups is 4. The summed E-state index contributed by atoms with van der Waals surface area (Å²) in [6.45, 7) is 4.52. The molecule has 1 N–H and O–H groups in total. The van der Waals surface area contributed by atoms with Gasteiger partial charge in [-0.3, -0.25) is 24.0 Å². The summed E-state index contributed by atoms with van der Waals surface area (Å²) < 4.78 is 12.2. The molecule has 0 aromatic carbocycles. The van der Waals surface area contributed by atoms with Crippen molar-refractivity contribution in [3.05, 3.63) is 58.5 Å². The molecule has 2 amide bonds. The summed E-state index contributed by atoms with van der Waals surface area (Å²) in [6.07, 6.45) is 9.24. The number of cyclic esters (lactones) is 2. The van der Waals surface area contributed by atoms with Crippen molar-refractivity contribution in [2.45, 2.75) is 51.9 Å². The lowest BCUT2D eigenvalue weighted by atomic mass is 9.93. The molecule has 0 bridgehead atoms. The number of Topliss-reactive ketones (excluding diaryl/α,β-unsaturated/α-hetero) is 1. The van der Waals surface area contributed by atoms with Crippen LogP contribution in [-0.2, 0) is 25.6 Å². The van der Waals surface area contributed by atoms with E-state index in [1.54, 1.807) is 44.4 Å². The summed E-state index contributed by atoms with van der Waals surface area (Å²) >= 11 is 3.31. The van der Waals surface area contributed by atoms with E-state index in [2.05, 4.69) is 52.2 Å².